The molecule has 5 nitrogen and oxygen atoms in total. The van der Waals surface area contributed by atoms with Crippen LogP contribution in [-0.2, 0) is 17.4 Å². The van der Waals surface area contributed by atoms with Crippen LogP contribution in [0.5, 0.6) is 0 Å². The largest absolute Gasteiger partial charge is 0.417 e. The molecule has 3 aromatic rings. The standard InChI is InChI=1S/C24H16ClF5N4O/c1-12-7-15(24(28,29)30)14(11-31)22(32-12)34-19-6-4-3-5-13(19)8-21(34)23(35)33(2)20-9-16(25)17(26)10-18(20)27/h3-7,9-10,21H,8H2,1-2H3/t21-/m0/s1. The molecule has 1 aromatic heterocycles. The Kier molecular flexibility index (Phi) is 6.15. The van der Waals surface area contributed by atoms with Gasteiger partial charge in [-0.25, -0.2) is 13.8 Å². The van der Waals surface area contributed by atoms with E-state index >= 15 is 0 Å². The average molecular weight is 507 g/mol. The maximum Gasteiger partial charge on any atom is 0.417 e. The second kappa shape index (κ2) is 8.82. The smallest absolute Gasteiger partial charge is 0.312 e. The van der Waals surface area contributed by atoms with Gasteiger partial charge in [-0.05, 0) is 30.7 Å². The Morgan fingerprint density at radius 2 is 1.89 bits per heavy atom. The van der Waals surface area contributed by atoms with Crippen LogP contribution >= 0.6 is 11.6 Å². The van der Waals surface area contributed by atoms with Crippen molar-refractivity contribution in [1.82, 2.24) is 4.98 Å². The number of nitriles is 1. The molecule has 4 rings (SSSR count). The van der Waals surface area contributed by atoms with Crippen molar-refractivity contribution in [3.05, 3.63) is 81.5 Å². The zero-order chi connectivity index (χ0) is 25.7. The number of aromatic nitrogens is 1. The Hall–Kier alpha value is -3.71. The van der Waals surface area contributed by atoms with Gasteiger partial charge in [-0.3, -0.25) is 4.79 Å². The third-order valence-electron chi connectivity index (χ3n) is 5.72. The van der Waals surface area contributed by atoms with E-state index in [9.17, 15) is 32.0 Å². The lowest BCUT2D eigenvalue weighted by atomic mass is 10.1. The van der Waals surface area contributed by atoms with Crippen LogP contribution in [0.15, 0.2) is 42.5 Å². The van der Waals surface area contributed by atoms with Gasteiger partial charge < -0.3 is 9.80 Å². The number of nitrogens with zero attached hydrogens (tertiary/aromatic N) is 4. The van der Waals surface area contributed by atoms with Crippen molar-refractivity contribution in [2.75, 3.05) is 16.8 Å². The highest BCUT2D eigenvalue weighted by atomic mass is 35.5. The molecule has 0 N–H and O–H groups in total. The number of halogens is 6. The van der Waals surface area contributed by atoms with Gasteiger partial charge in [0.1, 0.15) is 29.3 Å². The lowest BCUT2D eigenvalue weighted by Gasteiger charge is -2.31. The van der Waals surface area contributed by atoms with E-state index in [2.05, 4.69) is 4.98 Å². The molecule has 2 aromatic carbocycles. The highest BCUT2D eigenvalue weighted by Gasteiger charge is 2.42. The number of alkyl halides is 3. The van der Waals surface area contributed by atoms with E-state index < -0.39 is 45.9 Å². The van der Waals surface area contributed by atoms with E-state index in [0.29, 0.717) is 17.3 Å². The average Bonchev–Trinajstić information content (AvgIpc) is 3.18. The number of rotatable bonds is 3. The Labute approximate surface area is 202 Å². The molecule has 1 aliphatic rings. The first-order valence-corrected chi connectivity index (χ1v) is 10.6. The zero-order valence-corrected chi connectivity index (χ0v) is 19.0. The lowest BCUT2D eigenvalue weighted by molar-refractivity contribution is -0.137. The highest BCUT2D eigenvalue weighted by Crippen LogP contribution is 2.43. The summed E-state index contributed by atoms with van der Waals surface area (Å²) >= 11 is 5.77. The molecule has 11 heteroatoms. The molecule has 0 fully saturated rings. The van der Waals surface area contributed by atoms with Crippen molar-refractivity contribution in [1.29, 1.82) is 5.26 Å². The molecule has 180 valence electrons. The predicted octanol–water partition coefficient (Wildman–Crippen LogP) is 5.94. The minimum atomic E-state index is -4.84. The molecular formula is C24H16ClF5N4O. The molecule has 1 amide bonds. The minimum Gasteiger partial charge on any atom is -0.312 e. The summed E-state index contributed by atoms with van der Waals surface area (Å²) in [6, 6.07) is 9.28. The maximum atomic E-state index is 14.5. The number of carbonyl (C=O) groups excluding carboxylic acids is 1. The first-order valence-electron chi connectivity index (χ1n) is 10.2. The number of para-hydroxylation sites is 1. The third-order valence-corrected chi connectivity index (χ3v) is 6.01. The van der Waals surface area contributed by atoms with Crippen LogP contribution in [-0.4, -0.2) is 24.0 Å². The number of benzene rings is 2. The number of aryl methyl sites for hydroxylation is 1. The lowest BCUT2D eigenvalue weighted by Crippen LogP contribution is -2.45. The molecule has 0 unspecified atom stereocenters. The van der Waals surface area contributed by atoms with Crippen LogP contribution in [0.3, 0.4) is 0 Å². The SMILES string of the molecule is Cc1cc(C(F)(F)F)c(C#N)c(N2c3ccccc3C[C@H]2C(=O)N(C)c2cc(Cl)c(F)cc2F)n1. The zero-order valence-electron chi connectivity index (χ0n) is 18.3. The first kappa shape index (κ1) is 24.4. The molecule has 0 saturated heterocycles. The van der Waals surface area contributed by atoms with Gasteiger partial charge in [0.2, 0.25) is 5.91 Å². The summed E-state index contributed by atoms with van der Waals surface area (Å²) in [4.78, 5) is 19.9. The van der Waals surface area contributed by atoms with Crippen molar-refractivity contribution < 1.29 is 26.7 Å². The fourth-order valence-electron chi connectivity index (χ4n) is 4.12. The molecular weight excluding hydrogens is 491 g/mol. The van der Waals surface area contributed by atoms with Crippen molar-refractivity contribution >= 4 is 34.7 Å². The number of hydrogen-bond acceptors (Lipinski definition) is 4. The maximum absolute atomic E-state index is 14.5. The Morgan fingerprint density at radius 1 is 1.20 bits per heavy atom. The predicted molar refractivity (Wildman–Crippen MR) is 120 cm³/mol. The van der Waals surface area contributed by atoms with Crippen LogP contribution in [0, 0.1) is 29.9 Å². The number of fused-ring (bicyclic) bond motifs is 1. The fraction of sp³-hybridized carbons (Fsp3) is 0.208. The molecule has 2 heterocycles. The van der Waals surface area contributed by atoms with Crippen LogP contribution in [0.4, 0.5) is 39.1 Å². The highest BCUT2D eigenvalue weighted by molar-refractivity contribution is 6.31. The van der Waals surface area contributed by atoms with E-state index in [1.807, 2.05) is 0 Å². The van der Waals surface area contributed by atoms with Gasteiger partial charge in [0, 0.05) is 30.9 Å². The van der Waals surface area contributed by atoms with E-state index in [-0.39, 0.29) is 23.6 Å². The monoisotopic (exact) mass is 506 g/mol. The van der Waals surface area contributed by atoms with Gasteiger partial charge in [0.05, 0.1) is 16.3 Å². The van der Waals surface area contributed by atoms with Crippen molar-refractivity contribution in [2.24, 2.45) is 0 Å². The molecule has 0 radical (unpaired) electrons. The number of carbonyl (C=O) groups is 1. The Balaban J connectivity index is 1.88. The summed E-state index contributed by atoms with van der Waals surface area (Å²) in [5, 5.41) is 9.25. The number of amides is 1. The third kappa shape index (κ3) is 4.28. The van der Waals surface area contributed by atoms with E-state index in [4.69, 9.17) is 11.6 Å². The number of anilines is 3. The Morgan fingerprint density at radius 3 is 2.54 bits per heavy atom. The van der Waals surface area contributed by atoms with Crippen LogP contribution < -0.4 is 9.80 Å². The topological polar surface area (TPSA) is 60.2 Å². The summed E-state index contributed by atoms with van der Waals surface area (Å²) in [5.74, 6) is -3.11. The molecule has 0 saturated carbocycles. The van der Waals surface area contributed by atoms with Crippen LogP contribution in [0.1, 0.15) is 22.4 Å². The normalized spacial score (nSPS) is 15.1. The van der Waals surface area contributed by atoms with Crippen LogP contribution in [0.25, 0.3) is 0 Å². The number of pyridine rings is 1. The van der Waals surface area contributed by atoms with Crippen molar-refractivity contribution in [3.8, 4) is 6.07 Å². The van der Waals surface area contributed by atoms with Gasteiger partial charge in [-0.15, -0.1) is 0 Å². The van der Waals surface area contributed by atoms with E-state index in [1.54, 1.807) is 30.3 Å². The van der Waals surface area contributed by atoms with Gasteiger partial charge in [-0.1, -0.05) is 29.8 Å². The first-order chi connectivity index (χ1) is 16.4. The Bertz CT molecular complexity index is 1390. The van der Waals surface area contributed by atoms with Crippen LogP contribution in [0.2, 0.25) is 5.02 Å². The summed E-state index contributed by atoms with van der Waals surface area (Å²) < 4.78 is 69.3. The number of likely N-dealkylation sites (N-methyl/N-ethyl adjacent to an activating group) is 1. The summed E-state index contributed by atoms with van der Waals surface area (Å²) in [6.07, 6.45) is -4.78. The molecule has 1 aliphatic heterocycles. The molecule has 1 atom stereocenters. The van der Waals surface area contributed by atoms with Crippen molar-refractivity contribution in [2.45, 2.75) is 25.6 Å². The number of hydrogen-bond donors (Lipinski definition) is 0. The molecule has 0 bridgehead atoms. The van der Waals surface area contributed by atoms with E-state index in [1.165, 1.54) is 18.9 Å². The molecule has 0 aliphatic carbocycles. The van der Waals surface area contributed by atoms with Crippen molar-refractivity contribution in [3.63, 3.8) is 0 Å². The second-order valence-electron chi connectivity index (χ2n) is 7.95. The van der Waals surface area contributed by atoms with Gasteiger partial charge >= 0.3 is 6.18 Å². The van der Waals surface area contributed by atoms with E-state index in [0.717, 1.165) is 17.0 Å². The van der Waals surface area contributed by atoms with Gasteiger partial charge in [0.25, 0.3) is 0 Å². The minimum absolute atomic E-state index is 0.00776. The second-order valence-corrected chi connectivity index (χ2v) is 8.36. The van der Waals surface area contributed by atoms with Gasteiger partial charge in [0.15, 0.2) is 5.82 Å². The fourth-order valence-corrected chi connectivity index (χ4v) is 4.28. The summed E-state index contributed by atoms with van der Waals surface area (Å²) in [5.41, 5.74) is -1.23. The molecule has 0 spiro atoms. The summed E-state index contributed by atoms with van der Waals surface area (Å²) in [6.45, 7) is 1.35. The molecule has 35 heavy (non-hydrogen) atoms. The summed E-state index contributed by atoms with van der Waals surface area (Å²) in [7, 11) is 1.24. The quantitative estimate of drug-likeness (QED) is 0.326. The van der Waals surface area contributed by atoms with Gasteiger partial charge in [-0.2, -0.15) is 18.4 Å².